The van der Waals surface area contributed by atoms with E-state index in [1.165, 1.54) is 0 Å². The molecule has 1 aromatic rings. The Bertz CT molecular complexity index is 284. The number of rotatable bonds is 5. The molecule has 1 rings (SSSR count). The maximum Gasteiger partial charge on any atom is 0.238 e. The summed E-state index contributed by atoms with van der Waals surface area (Å²) in [4.78, 5) is 0. The maximum atomic E-state index is 9.84. The smallest absolute Gasteiger partial charge is 0.238 e. The molecule has 1 unspecified atom stereocenters. The molecule has 14 heavy (non-hydrogen) atoms. The summed E-state index contributed by atoms with van der Waals surface area (Å²) in [6, 6.07) is 0. The topological polar surface area (TPSA) is 47.3 Å². The molecule has 0 amide bonds. The van der Waals surface area contributed by atoms with Crippen molar-refractivity contribution in [2.75, 3.05) is 7.11 Å². The lowest BCUT2D eigenvalue weighted by Crippen LogP contribution is -1.98. The van der Waals surface area contributed by atoms with Gasteiger partial charge in [0, 0.05) is 13.2 Å². The molecule has 0 radical (unpaired) electrons. The van der Waals surface area contributed by atoms with Gasteiger partial charge < -0.3 is 9.84 Å². The summed E-state index contributed by atoms with van der Waals surface area (Å²) in [6.45, 7) is 2.10. The van der Waals surface area contributed by atoms with E-state index in [0.29, 0.717) is 5.88 Å². The molecular weight excluding hydrogens is 180 g/mol. The van der Waals surface area contributed by atoms with Crippen molar-refractivity contribution in [3.63, 3.8) is 0 Å². The Morgan fingerprint density at radius 2 is 2.36 bits per heavy atom. The van der Waals surface area contributed by atoms with Crippen molar-refractivity contribution in [3.05, 3.63) is 11.8 Å². The Morgan fingerprint density at radius 3 is 2.93 bits per heavy atom. The molecule has 0 aliphatic heterocycles. The van der Waals surface area contributed by atoms with Crippen molar-refractivity contribution < 1.29 is 9.84 Å². The highest BCUT2D eigenvalue weighted by Gasteiger charge is 2.15. The molecule has 1 aromatic heterocycles. The molecule has 0 aromatic carbocycles. The van der Waals surface area contributed by atoms with Gasteiger partial charge >= 0.3 is 0 Å². The van der Waals surface area contributed by atoms with Crippen LogP contribution >= 0.6 is 0 Å². The van der Waals surface area contributed by atoms with Crippen LogP contribution in [0, 0.1) is 0 Å². The standard InChI is InChI=1S/C10H18N2O2/c1-4-5-6-9(13)8-7-12(2)11-10(8)14-3/h7,9,13H,4-6H2,1-3H3. The fourth-order valence-corrected chi connectivity index (χ4v) is 1.43. The second-order valence-electron chi connectivity index (χ2n) is 3.43. The Balaban J connectivity index is 2.72. The van der Waals surface area contributed by atoms with Gasteiger partial charge in [0.05, 0.1) is 18.8 Å². The predicted molar refractivity (Wildman–Crippen MR) is 54.2 cm³/mol. The van der Waals surface area contributed by atoms with E-state index in [1.807, 2.05) is 7.05 Å². The van der Waals surface area contributed by atoms with Crippen molar-refractivity contribution in [2.45, 2.75) is 32.3 Å². The molecule has 4 nitrogen and oxygen atoms in total. The first-order chi connectivity index (χ1) is 6.69. The van der Waals surface area contributed by atoms with Gasteiger partial charge in [0.25, 0.3) is 0 Å². The van der Waals surface area contributed by atoms with E-state index in [0.717, 1.165) is 24.8 Å². The maximum absolute atomic E-state index is 9.84. The minimum Gasteiger partial charge on any atom is -0.480 e. The minimum atomic E-state index is -0.460. The summed E-state index contributed by atoms with van der Waals surface area (Å²) in [7, 11) is 3.39. The van der Waals surface area contributed by atoms with Crippen LogP contribution in [0.1, 0.15) is 37.9 Å². The zero-order valence-electron chi connectivity index (χ0n) is 9.03. The van der Waals surface area contributed by atoms with Crippen LogP contribution in [0.4, 0.5) is 0 Å². The Kier molecular flexibility index (Phi) is 3.95. The minimum absolute atomic E-state index is 0.460. The highest BCUT2D eigenvalue weighted by Crippen LogP contribution is 2.26. The van der Waals surface area contributed by atoms with Crippen molar-refractivity contribution >= 4 is 0 Å². The Hall–Kier alpha value is -1.03. The van der Waals surface area contributed by atoms with Crippen LogP contribution < -0.4 is 4.74 Å². The first-order valence-corrected chi connectivity index (χ1v) is 4.94. The molecule has 0 spiro atoms. The highest BCUT2D eigenvalue weighted by molar-refractivity contribution is 5.25. The van der Waals surface area contributed by atoms with Crippen LogP contribution in [0.5, 0.6) is 5.88 Å². The predicted octanol–water partition coefficient (Wildman–Crippen LogP) is 1.65. The van der Waals surface area contributed by atoms with Crippen LogP contribution in [-0.4, -0.2) is 22.0 Å². The second kappa shape index (κ2) is 5.00. The van der Waals surface area contributed by atoms with E-state index in [1.54, 1.807) is 18.0 Å². The number of aryl methyl sites for hydroxylation is 1. The van der Waals surface area contributed by atoms with Crippen LogP contribution in [0.2, 0.25) is 0 Å². The van der Waals surface area contributed by atoms with E-state index in [2.05, 4.69) is 12.0 Å². The average Bonchev–Trinajstić information content (AvgIpc) is 2.56. The number of hydrogen-bond acceptors (Lipinski definition) is 3. The largest absolute Gasteiger partial charge is 0.480 e. The third-order valence-corrected chi connectivity index (χ3v) is 2.20. The summed E-state index contributed by atoms with van der Waals surface area (Å²) >= 11 is 0. The van der Waals surface area contributed by atoms with Crippen molar-refractivity contribution in [3.8, 4) is 5.88 Å². The molecule has 0 bridgehead atoms. The molecule has 0 saturated heterocycles. The molecule has 0 fully saturated rings. The monoisotopic (exact) mass is 198 g/mol. The quantitative estimate of drug-likeness (QED) is 0.782. The number of ether oxygens (including phenoxy) is 1. The molecule has 1 atom stereocenters. The number of nitrogens with zero attached hydrogens (tertiary/aromatic N) is 2. The normalized spacial score (nSPS) is 12.9. The molecule has 0 saturated carbocycles. The number of aliphatic hydroxyl groups is 1. The number of methoxy groups -OCH3 is 1. The fourth-order valence-electron chi connectivity index (χ4n) is 1.43. The van der Waals surface area contributed by atoms with Crippen molar-refractivity contribution in [2.24, 2.45) is 7.05 Å². The first kappa shape index (κ1) is 11.0. The van der Waals surface area contributed by atoms with E-state index < -0.39 is 6.10 Å². The van der Waals surface area contributed by atoms with Gasteiger partial charge in [0.2, 0.25) is 5.88 Å². The molecule has 0 aliphatic rings. The lowest BCUT2D eigenvalue weighted by atomic mass is 10.1. The third-order valence-electron chi connectivity index (χ3n) is 2.20. The zero-order valence-corrected chi connectivity index (χ0v) is 9.03. The van der Waals surface area contributed by atoms with Gasteiger partial charge in [-0.05, 0) is 6.42 Å². The van der Waals surface area contributed by atoms with E-state index in [4.69, 9.17) is 4.74 Å². The molecular formula is C10H18N2O2. The third kappa shape index (κ3) is 2.48. The van der Waals surface area contributed by atoms with Gasteiger partial charge in [0.1, 0.15) is 0 Å². The van der Waals surface area contributed by atoms with Crippen LogP contribution in [0.25, 0.3) is 0 Å². The van der Waals surface area contributed by atoms with E-state index >= 15 is 0 Å². The van der Waals surface area contributed by atoms with Gasteiger partial charge in [-0.25, -0.2) is 0 Å². The van der Waals surface area contributed by atoms with Crippen molar-refractivity contribution in [1.29, 1.82) is 0 Å². The van der Waals surface area contributed by atoms with Gasteiger partial charge in [-0.2, -0.15) is 0 Å². The molecule has 80 valence electrons. The average molecular weight is 198 g/mol. The van der Waals surface area contributed by atoms with Crippen LogP contribution in [0.3, 0.4) is 0 Å². The molecule has 4 heteroatoms. The highest BCUT2D eigenvalue weighted by atomic mass is 16.5. The van der Waals surface area contributed by atoms with Gasteiger partial charge in [-0.1, -0.05) is 19.8 Å². The molecule has 1 N–H and O–H groups in total. The second-order valence-corrected chi connectivity index (χ2v) is 3.43. The van der Waals surface area contributed by atoms with Crippen LogP contribution in [0.15, 0.2) is 6.20 Å². The number of unbranched alkanes of at least 4 members (excludes halogenated alkanes) is 1. The van der Waals surface area contributed by atoms with E-state index in [-0.39, 0.29) is 0 Å². The summed E-state index contributed by atoms with van der Waals surface area (Å²) in [5.74, 6) is 0.524. The van der Waals surface area contributed by atoms with Crippen LogP contribution in [-0.2, 0) is 7.05 Å². The summed E-state index contributed by atoms with van der Waals surface area (Å²) < 4.78 is 6.73. The number of aliphatic hydroxyl groups excluding tert-OH is 1. The number of aromatic nitrogens is 2. The summed E-state index contributed by atoms with van der Waals surface area (Å²) in [6.07, 6.45) is 4.20. The van der Waals surface area contributed by atoms with Crippen molar-refractivity contribution in [1.82, 2.24) is 9.78 Å². The lowest BCUT2D eigenvalue weighted by molar-refractivity contribution is 0.160. The Morgan fingerprint density at radius 1 is 1.64 bits per heavy atom. The van der Waals surface area contributed by atoms with E-state index in [9.17, 15) is 5.11 Å². The SMILES string of the molecule is CCCCC(O)c1cn(C)nc1OC. The summed E-state index contributed by atoms with van der Waals surface area (Å²) in [5.41, 5.74) is 0.781. The van der Waals surface area contributed by atoms with Gasteiger partial charge in [-0.3, -0.25) is 4.68 Å². The number of hydrogen-bond donors (Lipinski definition) is 1. The first-order valence-electron chi connectivity index (χ1n) is 4.94. The summed E-state index contributed by atoms with van der Waals surface area (Å²) in [5, 5.41) is 13.9. The lowest BCUT2D eigenvalue weighted by Gasteiger charge is -2.08. The van der Waals surface area contributed by atoms with Gasteiger partial charge in [-0.15, -0.1) is 5.10 Å². The molecule has 1 heterocycles. The Labute approximate surface area is 84.5 Å². The fraction of sp³-hybridized carbons (Fsp3) is 0.700. The zero-order chi connectivity index (χ0) is 10.6. The van der Waals surface area contributed by atoms with Gasteiger partial charge in [0.15, 0.2) is 0 Å². The molecule has 0 aliphatic carbocycles.